The maximum atomic E-state index is 6.09. The SMILES string of the molecule is CC(NC1CCCC(C)(C)C1)c1ccc(Cl)c(Cl)c1. The summed E-state index contributed by atoms with van der Waals surface area (Å²) in [6, 6.07) is 6.82. The van der Waals surface area contributed by atoms with Gasteiger partial charge in [0.05, 0.1) is 10.0 Å². The number of rotatable bonds is 3. The van der Waals surface area contributed by atoms with Gasteiger partial charge < -0.3 is 5.32 Å². The number of benzene rings is 1. The van der Waals surface area contributed by atoms with Crippen LogP contribution in [-0.2, 0) is 0 Å². The quantitative estimate of drug-likeness (QED) is 0.764. The van der Waals surface area contributed by atoms with Crippen molar-refractivity contribution in [2.45, 2.75) is 58.5 Å². The molecule has 2 unspecified atom stereocenters. The van der Waals surface area contributed by atoms with Crippen LogP contribution in [0.25, 0.3) is 0 Å². The Balaban J connectivity index is 2.00. The molecule has 0 aliphatic heterocycles. The van der Waals surface area contributed by atoms with E-state index in [9.17, 15) is 0 Å². The minimum Gasteiger partial charge on any atom is -0.307 e. The van der Waals surface area contributed by atoms with Crippen molar-refractivity contribution < 1.29 is 0 Å². The fourth-order valence-corrected chi connectivity index (χ4v) is 3.38. The molecule has 2 rings (SSSR count). The average Bonchev–Trinajstić information content (AvgIpc) is 2.31. The van der Waals surface area contributed by atoms with Crippen molar-refractivity contribution in [2.24, 2.45) is 5.41 Å². The monoisotopic (exact) mass is 299 g/mol. The lowest BCUT2D eigenvalue weighted by atomic mass is 9.75. The molecule has 1 nitrogen and oxygen atoms in total. The summed E-state index contributed by atoms with van der Waals surface area (Å²) in [5, 5.41) is 4.99. The predicted octanol–water partition coefficient (Wildman–Crippen LogP) is 5.61. The van der Waals surface area contributed by atoms with Crippen LogP contribution in [-0.4, -0.2) is 6.04 Å². The zero-order valence-electron chi connectivity index (χ0n) is 12.0. The van der Waals surface area contributed by atoms with E-state index in [-0.39, 0.29) is 0 Å². The van der Waals surface area contributed by atoms with Crippen molar-refractivity contribution in [3.05, 3.63) is 33.8 Å². The van der Waals surface area contributed by atoms with Gasteiger partial charge in [-0.15, -0.1) is 0 Å². The van der Waals surface area contributed by atoms with Crippen molar-refractivity contribution in [1.82, 2.24) is 5.32 Å². The van der Waals surface area contributed by atoms with Gasteiger partial charge in [0.2, 0.25) is 0 Å². The third kappa shape index (κ3) is 4.11. The van der Waals surface area contributed by atoms with Gasteiger partial charge in [0.15, 0.2) is 0 Å². The number of hydrogen-bond acceptors (Lipinski definition) is 1. The van der Waals surface area contributed by atoms with Gasteiger partial charge in [0, 0.05) is 12.1 Å². The summed E-state index contributed by atoms with van der Waals surface area (Å²) >= 11 is 12.0. The van der Waals surface area contributed by atoms with Gasteiger partial charge in [-0.3, -0.25) is 0 Å². The van der Waals surface area contributed by atoms with Crippen LogP contribution in [0.15, 0.2) is 18.2 Å². The molecule has 0 heterocycles. The van der Waals surface area contributed by atoms with Crippen molar-refractivity contribution in [3.63, 3.8) is 0 Å². The van der Waals surface area contributed by atoms with E-state index in [2.05, 4.69) is 32.2 Å². The highest BCUT2D eigenvalue weighted by atomic mass is 35.5. The Morgan fingerprint density at radius 3 is 2.63 bits per heavy atom. The van der Waals surface area contributed by atoms with Gasteiger partial charge in [-0.1, -0.05) is 49.5 Å². The fourth-order valence-electron chi connectivity index (χ4n) is 3.07. The first-order valence-corrected chi connectivity index (χ1v) is 7.84. The topological polar surface area (TPSA) is 12.0 Å². The van der Waals surface area contributed by atoms with Crippen molar-refractivity contribution in [1.29, 1.82) is 0 Å². The summed E-state index contributed by atoms with van der Waals surface area (Å²) in [6.45, 7) is 6.93. The Morgan fingerprint density at radius 2 is 2.00 bits per heavy atom. The molecule has 0 spiro atoms. The first-order valence-electron chi connectivity index (χ1n) is 7.08. The zero-order chi connectivity index (χ0) is 14.0. The Morgan fingerprint density at radius 1 is 1.26 bits per heavy atom. The van der Waals surface area contributed by atoms with E-state index >= 15 is 0 Å². The number of halogens is 2. The molecule has 0 aromatic heterocycles. The van der Waals surface area contributed by atoms with Crippen LogP contribution >= 0.6 is 23.2 Å². The minimum atomic E-state index is 0.314. The molecule has 1 aromatic rings. The van der Waals surface area contributed by atoms with E-state index in [0.717, 1.165) is 0 Å². The summed E-state index contributed by atoms with van der Waals surface area (Å²) in [4.78, 5) is 0. The van der Waals surface area contributed by atoms with E-state index in [1.165, 1.54) is 31.2 Å². The summed E-state index contributed by atoms with van der Waals surface area (Å²) < 4.78 is 0. The van der Waals surface area contributed by atoms with E-state index in [1.807, 2.05) is 12.1 Å². The summed E-state index contributed by atoms with van der Waals surface area (Å²) in [7, 11) is 0. The highest BCUT2D eigenvalue weighted by Crippen LogP contribution is 2.36. The fraction of sp³-hybridized carbons (Fsp3) is 0.625. The van der Waals surface area contributed by atoms with E-state index < -0.39 is 0 Å². The highest BCUT2D eigenvalue weighted by molar-refractivity contribution is 6.42. The number of nitrogens with one attached hydrogen (secondary N) is 1. The normalized spacial score (nSPS) is 24.2. The first kappa shape index (κ1) is 15.2. The lowest BCUT2D eigenvalue weighted by molar-refractivity contribution is 0.191. The van der Waals surface area contributed by atoms with Gasteiger partial charge in [-0.2, -0.15) is 0 Å². The molecule has 0 saturated heterocycles. The second-order valence-electron chi connectivity index (χ2n) is 6.52. The van der Waals surface area contributed by atoms with Gasteiger partial charge >= 0.3 is 0 Å². The summed E-state index contributed by atoms with van der Waals surface area (Å²) in [5.74, 6) is 0. The van der Waals surface area contributed by atoms with Gasteiger partial charge in [0.1, 0.15) is 0 Å². The van der Waals surface area contributed by atoms with Crippen molar-refractivity contribution in [3.8, 4) is 0 Å². The van der Waals surface area contributed by atoms with Crippen molar-refractivity contribution >= 4 is 23.2 Å². The Bertz CT molecular complexity index is 442. The third-order valence-electron chi connectivity index (χ3n) is 4.13. The average molecular weight is 300 g/mol. The largest absolute Gasteiger partial charge is 0.307 e. The Kier molecular flexibility index (Phi) is 4.81. The molecular formula is C16H23Cl2N. The standard InChI is InChI=1S/C16H23Cl2N/c1-11(12-6-7-14(17)15(18)9-12)19-13-5-4-8-16(2,3)10-13/h6-7,9,11,13,19H,4-5,8,10H2,1-3H3. The van der Waals surface area contributed by atoms with E-state index in [4.69, 9.17) is 23.2 Å². The molecule has 0 bridgehead atoms. The smallest absolute Gasteiger partial charge is 0.0595 e. The molecule has 2 atom stereocenters. The summed E-state index contributed by atoms with van der Waals surface area (Å²) in [6.07, 6.45) is 5.18. The van der Waals surface area contributed by atoms with Crippen LogP contribution in [0.5, 0.6) is 0 Å². The van der Waals surface area contributed by atoms with Crippen LogP contribution in [0, 0.1) is 5.41 Å². The molecule has 3 heteroatoms. The Labute approximate surface area is 126 Å². The van der Waals surface area contributed by atoms with Crippen LogP contribution in [0.3, 0.4) is 0 Å². The predicted molar refractivity (Wildman–Crippen MR) is 84.0 cm³/mol. The Hall–Kier alpha value is -0.240. The highest BCUT2D eigenvalue weighted by Gasteiger charge is 2.28. The van der Waals surface area contributed by atoms with Crippen LogP contribution in [0.1, 0.15) is 58.1 Å². The molecule has 0 amide bonds. The van der Waals surface area contributed by atoms with Crippen LogP contribution in [0.4, 0.5) is 0 Å². The van der Waals surface area contributed by atoms with Gasteiger partial charge in [-0.25, -0.2) is 0 Å². The first-order chi connectivity index (χ1) is 8.87. The minimum absolute atomic E-state index is 0.314. The van der Waals surface area contributed by atoms with Gasteiger partial charge in [0.25, 0.3) is 0 Å². The molecule has 1 N–H and O–H groups in total. The molecule has 1 fully saturated rings. The lowest BCUT2D eigenvalue weighted by Crippen LogP contribution is -2.38. The second kappa shape index (κ2) is 6.03. The second-order valence-corrected chi connectivity index (χ2v) is 7.33. The maximum absolute atomic E-state index is 6.09. The molecule has 1 aromatic carbocycles. The van der Waals surface area contributed by atoms with Crippen LogP contribution < -0.4 is 5.32 Å². The lowest BCUT2D eigenvalue weighted by Gasteiger charge is -2.37. The maximum Gasteiger partial charge on any atom is 0.0595 e. The molecule has 1 aliphatic carbocycles. The molecule has 1 saturated carbocycles. The number of hydrogen-bond donors (Lipinski definition) is 1. The third-order valence-corrected chi connectivity index (χ3v) is 4.87. The molecule has 106 valence electrons. The van der Waals surface area contributed by atoms with E-state index in [0.29, 0.717) is 27.5 Å². The van der Waals surface area contributed by atoms with Crippen molar-refractivity contribution in [2.75, 3.05) is 0 Å². The zero-order valence-corrected chi connectivity index (χ0v) is 13.5. The van der Waals surface area contributed by atoms with Crippen LogP contribution in [0.2, 0.25) is 10.0 Å². The molecule has 19 heavy (non-hydrogen) atoms. The summed E-state index contributed by atoms with van der Waals surface area (Å²) in [5.41, 5.74) is 1.67. The van der Waals surface area contributed by atoms with E-state index in [1.54, 1.807) is 0 Å². The molecule has 0 radical (unpaired) electrons. The van der Waals surface area contributed by atoms with Gasteiger partial charge in [-0.05, 0) is 49.3 Å². The molecule has 1 aliphatic rings. The molecular weight excluding hydrogens is 277 g/mol.